The monoisotopic (exact) mass is 906 g/mol. The van der Waals surface area contributed by atoms with Crippen molar-refractivity contribution in [2.75, 3.05) is 0 Å². The molecule has 7 heteroatoms. The summed E-state index contributed by atoms with van der Waals surface area (Å²) in [6.45, 7) is 0. The minimum Gasteiger partial charge on any atom is -0.457 e. The molecule has 0 N–H and O–H groups in total. The maximum atomic E-state index is 7.15. The Morgan fingerprint density at radius 2 is 0.789 bits per heavy atom. The topological polar surface area (TPSA) is 62.7 Å². The van der Waals surface area contributed by atoms with Gasteiger partial charge in [-0.3, -0.25) is 15.0 Å². The number of nitrogens with zero attached hydrogens (tertiary/aromatic N) is 6. The summed E-state index contributed by atoms with van der Waals surface area (Å²) in [5, 5.41) is 7.22. The van der Waals surface area contributed by atoms with Crippen LogP contribution in [0.2, 0.25) is 0 Å². The molecule has 7 heterocycles. The highest BCUT2D eigenvalue weighted by Crippen LogP contribution is 2.62. The van der Waals surface area contributed by atoms with Gasteiger partial charge in [-0.05, 0) is 101 Å². The molecule has 330 valence electrons. The van der Waals surface area contributed by atoms with Gasteiger partial charge in [-0.15, -0.1) is 0 Å². The van der Waals surface area contributed by atoms with Gasteiger partial charge in [-0.25, -0.2) is 0 Å². The molecule has 8 aromatic carbocycles. The molecule has 0 saturated heterocycles. The van der Waals surface area contributed by atoms with E-state index in [1.54, 1.807) is 0 Å². The largest absolute Gasteiger partial charge is 0.457 e. The van der Waals surface area contributed by atoms with Gasteiger partial charge in [0.05, 0.1) is 73.7 Å². The van der Waals surface area contributed by atoms with Gasteiger partial charge in [0, 0.05) is 67.6 Å². The Morgan fingerprint density at radius 3 is 1.34 bits per heavy atom. The lowest BCUT2D eigenvalue weighted by Crippen LogP contribution is -2.32. The number of rotatable bonds is 4. The SMILES string of the molecule is c1cnc2c(c1)C1(c3ccc(-n4c5ccccc5c5ccccc54)cc3Oc3ccc(-c4ccc5c(c4)c4ccccc4n5-c4cncc(-n5c6ccccc6c6ccccc65)c4)cc31)c1cccnc1-2. The van der Waals surface area contributed by atoms with E-state index in [0.29, 0.717) is 0 Å². The molecule has 0 fully saturated rings. The minimum absolute atomic E-state index is 0.750. The summed E-state index contributed by atoms with van der Waals surface area (Å²) in [6.07, 6.45) is 7.70. The molecule has 0 saturated carbocycles. The van der Waals surface area contributed by atoms with Crippen LogP contribution in [-0.2, 0) is 5.41 Å². The number of benzene rings is 8. The summed E-state index contributed by atoms with van der Waals surface area (Å²) in [4.78, 5) is 14.9. The third kappa shape index (κ3) is 5.13. The van der Waals surface area contributed by atoms with E-state index in [1.165, 1.54) is 26.9 Å². The van der Waals surface area contributed by atoms with E-state index in [4.69, 9.17) is 19.7 Å². The number of pyridine rings is 3. The van der Waals surface area contributed by atoms with Crippen LogP contribution in [0.5, 0.6) is 11.5 Å². The Labute approximate surface area is 406 Å². The van der Waals surface area contributed by atoms with E-state index in [1.807, 2.05) is 24.8 Å². The summed E-state index contributed by atoms with van der Waals surface area (Å²) < 4.78 is 14.2. The van der Waals surface area contributed by atoms with Crippen LogP contribution in [0.4, 0.5) is 0 Å². The van der Waals surface area contributed by atoms with Crippen LogP contribution >= 0.6 is 0 Å². The van der Waals surface area contributed by atoms with Crippen molar-refractivity contribution in [3.05, 3.63) is 253 Å². The first-order chi connectivity index (χ1) is 35.2. The van der Waals surface area contributed by atoms with Crippen molar-refractivity contribution < 1.29 is 4.74 Å². The molecule has 1 aliphatic carbocycles. The Bertz CT molecular complexity index is 4440. The first-order valence-corrected chi connectivity index (χ1v) is 24.1. The van der Waals surface area contributed by atoms with Gasteiger partial charge in [0.15, 0.2) is 0 Å². The lowest BCUT2D eigenvalue weighted by molar-refractivity contribution is 0.436. The fraction of sp³-hybridized carbons (Fsp3) is 0.0156. The maximum Gasteiger partial charge on any atom is 0.134 e. The highest BCUT2D eigenvalue weighted by Gasteiger charge is 2.52. The Kier molecular flexibility index (Phi) is 7.69. The zero-order valence-corrected chi connectivity index (χ0v) is 38.0. The van der Waals surface area contributed by atoms with Crippen LogP contribution in [0.1, 0.15) is 22.3 Å². The number of para-hydroxylation sites is 5. The second-order valence-electron chi connectivity index (χ2n) is 18.8. The van der Waals surface area contributed by atoms with E-state index in [2.05, 4.69) is 220 Å². The standard InChI is InChI=1S/C64H38N6O/c1-6-20-54-44(13-1)45-14-2-7-21-55(45)68(54)41-27-28-50-61(36-41)71-60-30-26-40(34-53(60)64(50)51-18-11-31-66-62(51)63-52(64)19-12-32-67-63)39-25-29-59-49(33-39)48-17-5-10-24-58(48)70(59)43-35-42(37-65-38-43)69-56-22-8-3-15-46(56)47-16-4-9-23-57(47)69/h1-38H. The van der Waals surface area contributed by atoms with Gasteiger partial charge in [-0.1, -0.05) is 121 Å². The highest BCUT2D eigenvalue weighted by molar-refractivity contribution is 6.12. The van der Waals surface area contributed by atoms with Crippen molar-refractivity contribution in [2.24, 2.45) is 0 Å². The first-order valence-electron chi connectivity index (χ1n) is 24.1. The van der Waals surface area contributed by atoms with Crippen molar-refractivity contribution in [3.63, 3.8) is 0 Å². The molecule has 71 heavy (non-hydrogen) atoms. The third-order valence-electron chi connectivity index (χ3n) is 15.3. The lowest BCUT2D eigenvalue weighted by Gasteiger charge is -2.39. The van der Waals surface area contributed by atoms with Crippen molar-refractivity contribution in [1.82, 2.24) is 28.7 Å². The molecule has 2 aliphatic rings. The summed E-state index contributed by atoms with van der Waals surface area (Å²) in [5.74, 6) is 1.61. The van der Waals surface area contributed by atoms with E-state index in [9.17, 15) is 0 Å². The molecule has 7 nitrogen and oxygen atoms in total. The second-order valence-corrected chi connectivity index (χ2v) is 18.8. The molecular weight excluding hydrogens is 869 g/mol. The minimum atomic E-state index is -0.750. The summed E-state index contributed by atoms with van der Waals surface area (Å²) in [6, 6.07) is 74.3. The van der Waals surface area contributed by atoms with Crippen molar-refractivity contribution in [3.8, 4) is 51.1 Å². The number of hydrogen-bond acceptors (Lipinski definition) is 4. The van der Waals surface area contributed by atoms with E-state index >= 15 is 0 Å². The quantitative estimate of drug-likeness (QED) is 0.176. The number of hydrogen-bond donors (Lipinski definition) is 0. The third-order valence-corrected chi connectivity index (χ3v) is 15.3. The van der Waals surface area contributed by atoms with Crippen LogP contribution < -0.4 is 4.74 Å². The predicted molar refractivity (Wildman–Crippen MR) is 286 cm³/mol. The Hall–Kier alpha value is -9.59. The fourth-order valence-corrected chi connectivity index (χ4v) is 12.4. The van der Waals surface area contributed by atoms with Crippen molar-refractivity contribution in [1.29, 1.82) is 0 Å². The van der Waals surface area contributed by atoms with Gasteiger partial charge in [-0.2, -0.15) is 0 Å². The fourth-order valence-electron chi connectivity index (χ4n) is 12.4. The van der Waals surface area contributed by atoms with Gasteiger partial charge in [0.25, 0.3) is 0 Å². The van der Waals surface area contributed by atoms with E-state index in [0.717, 1.165) is 112 Å². The number of ether oxygens (including phenoxy) is 1. The molecule has 0 radical (unpaired) electrons. The van der Waals surface area contributed by atoms with Gasteiger partial charge in [0.2, 0.25) is 0 Å². The highest BCUT2D eigenvalue weighted by atomic mass is 16.5. The van der Waals surface area contributed by atoms with E-state index in [-0.39, 0.29) is 0 Å². The molecular formula is C64H38N6O. The molecule has 1 spiro atoms. The normalized spacial score (nSPS) is 13.3. The average molecular weight is 907 g/mol. The van der Waals surface area contributed by atoms with Crippen LogP contribution in [0.25, 0.3) is 105 Å². The van der Waals surface area contributed by atoms with Crippen LogP contribution in [0, 0.1) is 0 Å². The second kappa shape index (κ2) is 14.2. The van der Waals surface area contributed by atoms with Crippen molar-refractivity contribution >= 4 is 65.4 Å². The predicted octanol–water partition coefficient (Wildman–Crippen LogP) is 15.3. The molecule has 14 aromatic rings. The summed E-state index contributed by atoms with van der Waals surface area (Å²) in [7, 11) is 0. The maximum absolute atomic E-state index is 7.15. The van der Waals surface area contributed by atoms with Crippen LogP contribution in [-0.4, -0.2) is 28.7 Å². The molecule has 0 unspecified atom stereocenters. The Balaban J connectivity index is 0.875. The van der Waals surface area contributed by atoms with Crippen molar-refractivity contribution in [2.45, 2.75) is 5.41 Å². The Morgan fingerprint density at radius 1 is 0.324 bits per heavy atom. The molecule has 0 bridgehead atoms. The summed E-state index contributed by atoms with van der Waals surface area (Å²) >= 11 is 0. The summed E-state index contributed by atoms with van der Waals surface area (Å²) in [5.41, 5.74) is 17.4. The first kappa shape index (κ1) is 38.4. The average Bonchev–Trinajstić information content (AvgIpc) is 4.15. The van der Waals surface area contributed by atoms with E-state index < -0.39 is 5.41 Å². The lowest BCUT2D eigenvalue weighted by atomic mass is 9.66. The molecule has 1 aliphatic heterocycles. The molecule has 0 atom stereocenters. The number of fused-ring (bicyclic) bond motifs is 18. The zero-order valence-electron chi connectivity index (χ0n) is 38.0. The van der Waals surface area contributed by atoms with Crippen LogP contribution in [0.15, 0.2) is 231 Å². The number of aromatic nitrogens is 6. The van der Waals surface area contributed by atoms with Gasteiger partial charge >= 0.3 is 0 Å². The molecule has 0 amide bonds. The smallest absolute Gasteiger partial charge is 0.134 e. The zero-order chi connectivity index (χ0) is 46.4. The van der Waals surface area contributed by atoms with Crippen LogP contribution in [0.3, 0.4) is 0 Å². The molecule has 16 rings (SSSR count). The van der Waals surface area contributed by atoms with Gasteiger partial charge in [0.1, 0.15) is 11.5 Å². The van der Waals surface area contributed by atoms with Gasteiger partial charge < -0.3 is 18.4 Å². The molecule has 6 aromatic heterocycles.